The molecule has 2 unspecified atom stereocenters. The first-order chi connectivity index (χ1) is 7.66. The molecule has 0 saturated carbocycles. The molecule has 2 atom stereocenters. The lowest BCUT2D eigenvalue weighted by Crippen LogP contribution is -2.32. The van der Waals surface area contributed by atoms with Crippen LogP contribution >= 0.6 is 11.3 Å². The van der Waals surface area contributed by atoms with Crippen molar-refractivity contribution in [1.29, 1.82) is 0 Å². The lowest BCUT2D eigenvalue weighted by atomic mass is 10.00. The highest BCUT2D eigenvalue weighted by Gasteiger charge is 2.16. The third kappa shape index (κ3) is 2.74. The van der Waals surface area contributed by atoms with Crippen molar-refractivity contribution in [2.45, 2.75) is 52.1 Å². The molecule has 1 nitrogen and oxygen atoms in total. The van der Waals surface area contributed by atoms with Gasteiger partial charge in [-0.05, 0) is 51.7 Å². The van der Waals surface area contributed by atoms with Gasteiger partial charge in [0, 0.05) is 21.8 Å². The molecule has 0 amide bonds. The van der Waals surface area contributed by atoms with Gasteiger partial charge in [0.25, 0.3) is 0 Å². The summed E-state index contributed by atoms with van der Waals surface area (Å²) in [4.78, 5) is 2.88. The third-order valence-electron chi connectivity index (χ3n) is 3.30. The average molecular weight is 235 g/mol. The predicted molar refractivity (Wildman–Crippen MR) is 72.1 cm³/mol. The van der Waals surface area contributed by atoms with Gasteiger partial charge in [-0.15, -0.1) is 11.3 Å². The Kier molecular flexibility index (Phi) is 3.82. The van der Waals surface area contributed by atoms with Gasteiger partial charge in [-0.25, -0.2) is 0 Å². The lowest BCUT2D eigenvalue weighted by Gasteiger charge is -2.24. The van der Waals surface area contributed by atoms with Crippen LogP contribution in [0, 0.1) is 13.8 Å². The maximum atomic E-state index is 3.74. The van der Waals surface area contributed by atoms with Crippen molar-refractivity contribution in [3.8, 4) is 0 Å². The van der Waals surface area contributed by atoms with Gasteiger partial charge in [0.1, 0.15) is 0 Å². The van der Waals surface area contributed by atoms with Gasteiger partial charge in [-0.1, -0.05) is 12.2 Å². The number of aryl methyl sites for hydroxylation is 2. The van der Waals surface area contributed by atoms with E-state index in [0.29, 0.717) is 12.1 Å². The zero-order chi connectivity index (χ0) is 11.5. The third-order valence-corrected chi connectivity index (χ3v) is 4.28. The second-order valence-electron chi connectivity index (χ2n) is 4.74. The van der Waals surface area contributed by atoms with Crippen LogP contribution in [0.25, 0.3) is 0 Å². The zero-order valence-electron chi connectivity index (χ0n) is 10.4. The molecular formula is C14H21NS. The van der Waals surface area contributed by atoms with Crippen molar-refractivity contribution in [3.05, 3.63) is 33.5 Å². The van der Waals surface area contributed by atoms with Crippen LogP contribution in [0.4, 0.5) is 0 Å². The van der Waals surface area contributed by atoms with E-state index in [2.05, 4.69) is 44.3 Å². The Bertz CT molecular complexity index is 378. The maximum Gasteiger partial charge on any atom is 0.0305 e. The number of allylic oxidation sites excluding steroid dienone is 1. The Balaban J connectivity index is 1.99. The fourth-order valence-corrected chi connectivity index (χ4v) is 3.49. The van der Waals surface area contributed by atoms with Crippen molar-refractivity contribution in [3.63, 3.8) is 0 Å². The lowest BCUT2D eigenvalue weighted by molar-refractivity contribution is 0.426. The Morgan fingerprint density at radius 3 is 2.75 bits per heavy atom. The average Bonchev–Trinajstić information content (AvgIpc) is 2.59. The van der Waals surface area contributed by atoms with Gasteiger partial charge in [-0.3, -0.25) is 0 Å². The maximum absolute atomic E-state index is 3.74. The van der Waals surface area contributed by atoms with E-state index in [9.17, 15) is 0 Å². The number of hydrogen-bond acceptors (Lipinski definition) is 2. The summed E-state index contributed by atoms with van der Waals surface area (Å²) in [7, 11) is 0. The number of hydrogen-bond donors (Lipinski definition) is 1. The number of nitrogens with one attached hydrogen (secondary N) is 1. The molecule has 0 aliphatic heterocycles. The Labute approximate surface area is 103 Å². The van der Waals surface area contributed by atoms with Gasteiger partial charge in [0.2, 0.25) is 0 Å². The van der Waals surface area contributed by atoms with E-state index in [4.69, 9.17) is 0 Å². The summed E-state index contributed by atoms with van der Waals surface area (Å²) in [6.45, 7) is 6.70. The van der Waals surface area contributed by atoms with Crippen molar-refractivity contribution in [1.82, 2.24) is 5.32 Å². The second-order valence-corrected chi connectivity index (χ2v) is 6.20. The molecule has 2 rings (SSSR count). The van der Waals surface area contributed by atoms with Crippen LogP contribution in [-0.2, 0) is 0 Å². The molecule has 16 heavy (non-hydrogen) atoms. The van der Waals surface area contributed by atoms with E-state index in [-0.39, 0.29) is 0 Å². The summed E-state index contributed by atoms with van der Waals surface area (Å²) < 4.78 is 0. The normalized spacial score (nSPS) is 22.3. The van der Waals surface area contributed by atoms with Crippen LogP contribution < -0.4 is 5.32 Å². The molecule has 1 aliphatic rings. The topological polar surface area (TPSA) is 12.0 Å². The van der Waals surface area contributed by atoms with Crippen LogP contribution in [0.3, 0.4) is 0 Å². The molecule has 88 valence electrons. The molecule has 0 saturated heterocycles. The SMILES string of the molecule is Cc1cc(C(C)NC2CC=CCC2)c(C)s1. The minimum absolute atomic E-state index is 0.487. The van der Waals surface area contributed by atoms with E-state index < -0.39 is 0 Å². The van der Waals surface area contributed by atoms with Gasteiger partial charge in [0.15, 0.2) is 0 Å². The van der Waals surface area contributed by atoms with Crippen LogP contribution in [0.2, 0.25) is 0 Å². The fraction of sp³-hybridized carbons (Fsp3) is 0.571. The number of thiophene rings is 1. The van der Waals surface area contributed by atoms with Crippen molar-refractivity contribution in [2.75, 3.05) is 0 Å². The molecule has 0 aromatic carbocycles. The first kappa shape index (κ1) is 11.9. The molecule has 0 fully saturated rings. The summed E-state index contributed by atoms with van der Waals surface area (Å²) in [5, 5.41) is 3.74. The largest absolute Gasteiger partial charge is 0.307 e. The molecule has 1 heterocycles. The van der Waals surface area contributed by atoms with Gasteiger partial charge < -0.3 is 5.32 Å². The monoisotopic (exact) mass is 235 g/mol. The number of rotatable bonds is 3. The van der Waals surface area contributed by atoms with Crippen LogP contribution in [0.5, 0.6) is 0 Å². The molecule has 1 aliphatic carbocycles. The van der Waals surface area contributed by atoms with Crippen molar-refractivity contribution in [2.24, 2.45) is 0 Å². The Hall–Kier alpha value is -0.600. The molecule has 0 radical (unpaired) electrons. The highest BCUT2D eigenvalue weighted by atomic mass is 32.1. The standard InChI is InChI=1S/C14H21NS/c1-10-9-14(12(3)16-10)11(2)15-13-7-5-4-6-8-13/h4-5,9,11,13,15H,6-8H2,1-3H3. The predicted octanol–water partition coefficient (Wildman–Crippen LogP) is 4.12. The van der Waals surface area contributed by atoms with Crippen molar-refractivity contribution >= 4 is 11.3 Å². The minimum Gasteiger partial charge on any atom is -0.307 e. The Morgan fingerprint density at radius 2 is 2.19 bits per heavy atom. The minimum atomic E-state index is 0.487. The van der Waals surface area contributed by atoms with E-state index in [0.717, 1.165) is 0 Å². The summed E-state index contributed by atoms with van der Waals surface area (Å²) in [6.07, 6.45) is 8.30. The zero-order valence-corrected chi connectivity index (χ0v) is 11.2. The smallest absolute Gasteiger partial charge is 0.0305 e. The molecule has 1 aromatic heterocycles. The Morgan fingerprint density at radius 1 is 1.38 bits per heavy atom. The van der Waals surface area contributed by atoms with E-state index in [1.807, 2.05) is 11.3 Å². The van der Waals surface area contributed by atoms with Crippen molar-refractivity contribution < 1.29 is 0 Å². The van der Waals surface area contributed by atoms with Crippen LogP contribution in [-0.4, -0.2) is 6.04 Å². The highest BCUT2D eigenvalue weighted by Crippen LogP contribution is 2.27. The highest BCUT2D eigenvalue weighted by molar-refractivity contribution is 7.12. The summed E-state index contributed by atoms with van der Waals surface area (Å²) in [5.41, 5.74) is 1.48. The van der Waals surface area contributed by atoms with Gasteiger partial charge >= 0.3 is 0 Å². The summed E-state index contributed by atoms with van der Waals surface area (Å²) in [6, 6.07) is 3.48. The van der Waals surface area contributed by atoms with Gasteiger partial charge in [-0.2, -0.15) is 0 Å². The van der Waals surface area contributed by atoms with Gasteiger partial charge in [0.05, 0.1) is 0 Å². The van der Waals surface area contributed by atoms with E-state index in [1.165, 1.54) is 34.6 Å². The quantitative estimate of drug-likeness (QED) is 0.777. The fourth-order valence-electron chi connectivity index (χ4n) is 2.47. The van der Waals surface area contributed by atoms with E-state index in [1.54, 1.807) is 0 Å². The van der Waals surface area contributed by atoms with Crippen LogP contribution in [0.15, 0.2) is 18.2 Å². The second kappa shape index (κ2) is 5.15. The summed E-state index contributed by atoms with van der Waals surface area (Å²) >= 11 is 1.91. The first-order valence-corrected chi connectivity index (χ1v) is 6.96. The molecule has 2 heteroatoms. The molecule has 0 bridgehead atoms. The molecular weight excluding hydrogens is 214 g/mol. The van der Waals surface area contributed by atoms with Crippen LogP contribution in [0.1, 0.15) is 47.5 Å². The molecule has 1 aromatic rings. The summed E-state index contributed by atoms with van der Waals surface area (Å²) in [5.74, 6) is 0. The van der Waals surface area contributed by atoms with E-state index >= 15 is 0 Å². The molecule has 1 N–H and O–H groups in total. The first-order valence-electron chi connectivity index (χ1n) is 6.15. The molecule has 0 spiro atoms.